The van der Waals surface area contributed by atoms with Crippen LogP contribution in [0, 0.1) is 0 Å². The van der Waals surface area contributed by atoms with Gasteiger partial charge in [-0.1, -0.05) is 54.6 Å². The SMILES string of the molecule is CCOC(=O)/C=C\c1ccccc1C1C(C(=O)OC)=CN(Cc2ccccc2)C=C1C(=O)C(F)(F)F. The number of Topliss-reactive ketones (excluding diaryl/α,β-unsaturated/α-hetero) is 1. The van der Waals surface area contributed by atoms with Crippen molar-refractivity contribution in [1.82, 2.24) is 4.90 Å². The Morgan fingerprint density at radius 3 is 2.25 bits per heavy atom. The number of halogens is 3. The summed E-state index contributed by atoms with van der Waals surface area (Å²) in [6.45, 7) is 1.90. The highest BCUT2D eigenvalue weighted by Gasteiger charge is 2.46. The monoisotopic (exact) mass is 499 g/mol. The van der Waals surface area contributed by atoms with Crippen LogP contribution in [0.15, 0.2) is 84.2 Å². The molecule has 188 valence electrons. The predicted molar refractivity (Wildman–Crippen MR) is 126 cm³/mol. The molecule has 0 radical (unpaired) electrons. The summed E-state index contributed by atoms with van der Waals surface area (Å²) in [6, 6.07) is 15.1. The molecular weight excluding hydrogens is 475 g/mol. The van der Waals surface area contributed by atoms with Crippen molar-refractivity contribution < 1.29 is 37.0 Å². The molecule has 1 aliphatic heterocycles. The quantitative estimate of drug-likeness (QED) is 0.379. The molecule has 1 unspecified atom stereocenters. The zero-order chi connectivity index (χ0) is 26.3. The molecule has 36 heavy (non-hydrogen) atoms. The van der Waals surface area contributed by atoms with Gasteiger partial charge >= 0.3 is 18.1 Å². The summed E-state index contributed by atoms with van der Waals surface area (Å²) >= 11 is 0. The van der Waals surface area contributed by atoms with Crippen LogP contribution in [0.3, 0.4) is 0 Å². The lowest BCUT2D eigenvalue weighted by Crippen LogP contribution is -2.34. The molecule has 0 fully saturated rings. The number of carbonyl (C=O) groups is 3. The number of ketones is 1. The number of hydrogen-bond donors (Lipinski definition) is 0. The molecule has 0 aromatic heterocycles. The minimum absolute atomic E-state index is 0.118. The van der Waals surface area contributed by atoms with E-state index in [0.717, 1.165) is 24.9 Å². The normalized spacial score (nSPS) is 15.8. The van der Waals surface area contributed by atoms with E-state index in [1.807, 2.05) is 0 Å². The van der Waals surface area contributed by atoms with Crippen LogP contribution in [-0.2, 0) is 30.4 Å². The molecule has 0 N–H and O–H groups in total. The Bertz CT molecular complexity index is 1220. The second kappa shape index (κ2) is 11.5. The Kier molecular flexibility index (Phi) is 8.47. The molecular formula is C27H24F3NO5. The molecule has 6 nitrogen and oxygen atoms in total. The molecule has 0 spiro atoms. The van der Waals surface area contributed by atoms with Crippen LogP contribution in [0.4, 0.5) is 13.2 Å². The largest absolute Gasteiger partial charge is 0.466 e. The van der Waals surface area contributed by atoms with Crippen LogP contribution in [0.25, 0.3) is 6.08 Å². The van der Waals surface area contributed by atoms with Gasteiger partial charge in [-0.25, -0.2) is 9.59 Å². The number of methoxy groups -OCH3 is 1. The van der Waals surface area contributed by atoms with Gasteiger partial charge in [-0.2, -0.15) is 13.2 Å². The predicted octanol–water partition coefficient (Wildman–Crippen LogP) is 4.93. The van der Waals surface area contributed by atoms with Gasteiger partial charge in [0.1, 0.15) is 0 Å². The van der Waals surface area contributed by atoms with E-state index in [1.165, 1.54) is 23.2 Å². The lowest BCUT2D eigenvalue weighted by molar-refractivity contribution is -0.167. The Hall–Kier alpha value is -4.14. The number of carbonyl (C=O) groups excluding carboxylic acids is 3. The third-order valence-corrected chi connectivity index (χ3v) is 5.37. The number of ether oxygens (including phenoxy) is 2. The molecule has 2 aromatic rings. The fourth-order valence-electron chi connectivity index (χ4n) is 3.85. The van der Waals surface area contributed by atoms with Crippen molar-refractivity contribution in [3.63, 3.8) is 0 Å². The van der Waals surface area contributed by atoms with E-state index in [1.54, 1.807) is 55.5 Å². The minimum atomic E-state index is -5.18. The molecule has 1 heterocycles. The summed E-state index contributed by atoms with van der Waals surface area (Å²) in [7, 11) is 1.11. The molecule has 2 aromatic carbocycles. The first-order valence-corrected chi connectivity index (χ1v) is 11.0. The van der Waals surface area contributed by atoms with E-state index in [9.17, 15) is 27.6 Å². The number of rotatable bonds is 8. The highest BCUT2D eigenvalue weighted by molar-refractivity contribution is 6.05. The third-order valence-electron chi connectivity index (χ3n) is 5.37. The second-order valence-corrected chi connectivity index (χ2v) is 7.79. The van der Waals surface area contributed by atoms with E-state index in [-0.39, 0.29) is 24.3 Å². The summed E-state index contributed by atoms with van der Waals surface area (Å²) in [5, 5.41) is 0. The Labute approximate surface area is 206 Å². The Morgan fingerprint density at radius 2 is 1.61 bits per heavy atom. The van der Waals surface area contributed by atoms with E-state index in [2.05, 4.69) is 0 Å². The second-order valence-electron chi connectivity index (χ2n) is 7.79. The van der Waals surface area contributed by atoms with Gasteiger partial charge in [-0.15, -0.1) is 0 Å². The molecule has 0 aliphatic carbocycles. The van der Waals surface area contributed by atoms with Gasteiger partial charge in [-0.3, -0.25) is 4.79 Å². The maximum Gasteiger partial charge on any atom is 0.454 e. The van der Waals surface area contributed by atoms with Crippen molar-refractivity contribution in [3.8, 4) is 0 Å². The van der Waals surface area contributed by atoms with Crippen molar-refractivity contribution in [3.05, 3.63) is 101 Å². The molecule has 0 bridgehead atoms. The molecule has 9 heteroatoms. The van der Waals surface area contributed by atoms with E-state index < -0.39 is 35.4 Å². The van der Waals surface area contributed by atoms with Crippen molar-refractivity contribution in [1.29, 1.82) is 0 Å². The summed E-state index contributed by atoms with van der Waals surface area (Å²) in [6.07, 6.45) is -0.206. The molecule has 0 saturated heterocycles. The van der Waals surface area contributed by atoms with Crippen molar-refractivity contribution >= 4 is 23.8 Å². The first-order chi connectivity index (χ1) is 17.2. The maximum absolute atomic E-state index is 13.7. The van der Waals surface area contributed by atoms with Crippen molar-refractivity contribution in [2.75, 3.05) is 13.7 Å². The summed E-state index contributed by atoms with van der Waals surface area (Å²) in [5.74, 6) is -5.00. The average Bonchev–Trinajstić information content (AvgIpc) is 2.86. The van der Waals surface area contributed by atoms with Crippen molar-refractivity contribution in [2.24, 2.45) is 0 Å². The summed E-state index contributed by atoms with van der Waals surface area (Å²) in [4.78, 5) is 38.6. The zero-order valence-electron chi connectivity index (χ0n) is 19.6. The number of benzene rings is 2. The number of alkyl halides is 3. The standard InChI is InChI=1S/C27H24F3NO5/c1-3-36-23(32)14-13-19-11-7-8-12-20(19)24-21(25(33)27(28,29)30)16-31(17-22(24)26(34)35-2)15-18-9-5-4-6-10-18/h4-14,16-17,24H,3,15H2,1-2H3/b14-13-. The van der Waals surface area contributed by atoms with Gasteiger partial charge in [0, 0.05) is 36.5 Å². The highest BCUT2D eigenvalue weighted by atomic mass is 19.4. The smallest absolute Gasteiger partial charge is 0.454 e. The lowest BCUT2D eigenvalue weighted by atomic mass is 9.79. The van der Waals surface area contributed by atoms with Gasteiger partial charge in [0.05, 0.1) is 19.3 Å². The molecule has 3 rings (SSSR count). The summed E-state index contributed by atoms with van der Waals surface area (Å²) in [5.41, 5.74) is 0.517. The van der Waals surface area contributed by atoms with E-state index in [0.29, 0.717) is 5.56 Å². The van der Waals surface area contributed by atoms with Crippen LogP contribution < -0.4 is 0 Å². The van der Waals surface area contributed by atoms with E-state index >= 15 is 0 Å². The lowest BCUT2D eigenvalue weighted by Gasteiger charge is -2.31. The van der Waals surface area contributed by atoms with Crippen LogP contribution in [0.5, 0.6) is 0 Å². The Morgan fingerprint density at radius 1 is 0.972 bits per heavy atom. The average molecular weight is 499 g/mol. The number of nitrogens with zero attached hydrogens (tertiary/aromatic N) is 1. The summed E-state index contributed by atoms with van der Waals surface area (Å²) < 4.78 is 50.9. The van der Waals surface area contributed by atoms with Crippen LogP contribution >= 0.6 is 0 Å². The van der Waals surface area contributed by atoms with Gasteiger partial charge in [0.15, 0.2) is 0 Å². The van der Waals surface area contributed by atoms with Crippen LogP contribution in [0.1, 0.15) is 29.5 Å². The van der Waals surface area contributed by atoms with Gasteiger partial charge in [0.2, 0.25) is 0 Å². The van der Waals surface area contributed by atoms with Crippen molar-refractivity contribution in [2.45, 2.75) is 25.6 Å². The zero-order valence-corrected chi connectivity index (χ0v) is 19.6. The Balaban J connectivity index is 2.16. The number of allylic oxidation sites excluding steroid dienone is 1. The third kappa shape index (κ3) is 6.29. The van der Waals surface area contributed by atoms with Gasteiger partial charge in [-0.05, 0) is 29.7 Å². The molecule has 0 amide bonds. The minimum Gasteiger partial charge on any atom is -0.466 e. The van der Waals surface area contributed by atoms with Crippen LogP contribution in [0.2, 0.25) is 0 Å². The topological polar surface area (TPSA) is 72.9 Å². The van der Waals surface area contributed by atoms with Gasteiger partial charge in [0.25, 0.3) is 5.78 Å². The number of esters is 2. The highest BCUT2D eigenvalue weighted by Crippen LogP contribution is 2.41. The van der Waals surface area contributed by atoms with Crippen LogP contribution in [-0.4, -0.2) is 42.5 Å². The van der Waals surface area contributed by atoms with Gasteiger partial charge < -0.3 is 14.4 Å². The first kappa shape index (κ1) is 26.5. The van der Waals surface area contributed by atoms with E-state index in [4.69, 9.17) is 9.47 Å². The number of hydrogen-bond acceptors (Lipinski definition) is 6. The molecule has 1 atom stereocenters. The first-order valence-electron chi connectivity index (χ1n) is 11.0. The molecule has 1 aliphatic rings. The fraction of sp³-hybridized carbons (Fsp3) is 0.222. The fourth-order valence-corrected chi connectivity index (χ4v) is 3.85. The molecule has 0 saturated carbocycles. The maximum atomic E-state index is 13.7.